The van der Waals surface area contributed by atoms with Crippen molar-refractivity contribution in [3.05, 3.63) is 24.0 Å². The van der Waals surface area contributed by atoms with Gasteiger partial charge in [0.15, 0.2) is 0 Å². The summed E-state index contributed by atoms with van der Waals surface area (Å²) in [5.41, 5.74) is 2.73. The van der Waals surface area contributed by atoms with Gasteiger partial charge in [-0.2, -0.15) is 0 Å². The fourth-order valence-corrected chi connectivity index (χ4v) is 1.46. The third-order valence-electron chi connectivity index (χ3n) is 1.95. The Hall–Kier alpha value is -0.720. The van der Waals surface area contributed by atoms with E-state index >= 15 is 0 Å². The minimum atomic E-state index is 0.315. The molecular weight excluding hydrogens is 170 g/mol. The summed E-state index contributed by atoms with van der Waals surface area (Å²) in [5, 5.41) is 3.39. The van der Waals surface area contributed by atoms with Crippen LogP contribution in [0.25, 0.3) is 0 Å². The van der Waals surface area contributed by atoms with E-state index in [-0.39, 0.29) is 0 Å². The van der Waals surface area contributed by atoms with Crippen LogP contribution in [0.2, 0.25) is 0 Å². The van der Waals surface area contributed by atoms with Crippen molar-refractivity contribution >= 4 is 0 Å². The first kappa shape index (κ1) is 13.3. The Balaban J connectivity index is 4.05. The Morgan fingerprint density at radius 3 is 2.29 bits per heavy atom. The van der Waals surface area contributed by atoms with Gasteiger partial charge in [-0.15, -0.1) is 0 Å². The van der Waals surface area contributed by atoms with Crippen molar-refractivity contribution in [2.45, 2.75) is 53.9 Å². The van der Waals surface area contributed by atoms with Crippen LogP contribution in [0.3, 0.4) is 0 Å². The number of allylic oxidation sites excluding steroid dienone is 3. The monoisotopic (exact) mass is 195 g/mol. The zero-order chi connectivity index (χ0) is 11.2. The highest BCUT2D eigenvalue weighted by atomic mass is 14.9. The third kappa shape index (κ3) is 6.76. The highest BCUT2D eigenvalue weighted by Crippen LogP contribution is 2.22. The minimum absolute atomic E-state index is 0.315. The molecule has 0 aromatic heterocycles. The molecule has 1 heteroatoms. The first-order valence-corrected chi connectivity index (χ1v) is 5.49. The van der Waals surface area contributed by atoms with Crippen LogP contribution < -0.4 is 5.32 Å². The van der Waals surface area contributed by atoms with Crippen molar-refractivity contribution in [3.63, 3.8) is 0 Å². The maximum atomic E-state index is 4.06. The molecule has 0 rings (SSSR count). The normalized spacial score (nSPS) is 12.8. The van der Waals surface area contributed by atoms with Crippen molar-refractivity contribution in [1.29, 1.82) is 0 Å². The maximum Gasteiger partial charge on any atom is 0.0105 e. The lowest BCUT2D eigenvalue weighted by atomic mass is 9.91. The van der Waals surface area contributed by atoms with Gasteiger partial charge in [-0.05, 0) is 25.2 Å². The highest BCUT2D eigenvalue weighted by Gasteiger charge is 2.12. The third-order valence-corrected chi connectivity index (χ3v) is 1.95. The fraction of sp³-hybridized carbons (Fsp3) is 0.692. The summed E-state index contributed by atoms with van der Waals surface area (Å²) in [7, 11) is 0. The van der Waals surface area contributed by atoms with Gasteiger partial charge in [0.1, 0.15) is 0 Å². The second-order valence-electron chi connectivity index (χ2n) is 5.03. The molecule has 0 bridgehead atoms. The standard InChI is InChI=1S/C13H25N/c1-7-9-12(8-2)14-11(3)10-13(4,5)6/h8,14H,3,7,9-10H2,1-2,4-6H3/b12-8-. The molecule has 0 aliphatic heterocycles. The van der Waals surface area contributed by atoms with E-state index in [2.05, 4.69) is 52.6 Å². The molecule has 1 N–H and O–H groups in total. The summed E-state index contributed by atoms with van der Waals surface area (Å²) in [5.74, 6) is 0. The van der Waals surface area contributed by atoms with Crippen LogP contribution in [0, 0.1) is 5.41 Å². The van der Waals surface area contributed by atoms with E-state index < -0.39 is 0 Å². The lowest BCUT2D eigenvalue weighted by Gasteiger charge is -2.21. The Morgan fingerprint density at radius 1 is 1.36 bits per heavy atom. The van der Waals surface area contributed by atoms with Crippen molar-refractivity contribution in [2.24, 2.45) is 5.41 Å². The molecule has 0 saturated carbocycles. The SMILES string of the molecule is C=C(CC(C)(C)C)N/C(=C\C)CCC. The van der Waals surface area contributed by atoms with E-state index in [4.69, 9.17) is 0 Å². The smallest absolute Gasteiger partial charge is 0.0105 e. The van der Waals surface area contributed by atoms with E-state index in [1.54, 1.807) is 0 Å². The average Bonchev–Trinajstić information content (AvgIpc) is 2.00. The summed E-state index contributed by atoms with van der Waals surface area (Å²) < 4.78 is 0. The largest absolute Gasteiger partial charge is 0.363 e. The summed E-state index contributed by atoms with van der Waals surface area (Å²) in [6.45, 7) is 15.0. The van der Waals surface area contributed by atoms with E-state index in [0.29, 0.717) is 5.41 Å². The fourth-order valence-electron chi connectivity index (χ4n) is 1.46. The molecular formula is C13H25N. The molecule has 14 heavy (non-hydrogen) atoms. The topological polar surface area (TPSA) is 12.0 Å². The van der Waals surface area contributed by atoms with Gasteiger partial charge in [-0.1, -0.05) is 46.8 Å². The first-order chi connectivity index (χ1) is 6.39. The lowest BCUT2D eigenvalue weighted by Crippen LogP contribution is -2.17. The summed E-state index contributed by atoms with van der Waals surface area (Å²) in [4.78, 5) is 0. The molecule has 0 heterocycles. The number of hydrogen-bond acceptors (Lipinski definition) is 1. The summed E-state index contributed by atoms with van der Waals surface area (Å²) in [6.07, 6.45) is 5.44. The molecule has 0 radical (unpaired) electrons. The second kappa shape index (κ2) is 5.90. The predicted molar refractivity (Wildman–Crippen MR) is 65.0 cm³/mol. The van der Waals surface area contributed by atoms with Crippen LogP contribution in [-0.4, -0.2) is 0 Å². The molecule has 0 aliphatic carbocycles. The van der Waals surface area contributed by atoms with Gasteiger partial charge in [0, 0.05) is 11.4 Å². The second-order valence-corrected chi connectivity index (χ2v) is 5.03. The van der Waals surface area contributed by atoms with E-state index in [9.17, 15) is 0 Å². The summed E-state index contributed by atoms with van der Waals surface area (Å²) in [6, 6.07) is 0. The first-order valence-electron chi connectivity index (χ1n) is 5.49. The molecule has 0 unspecified atom stereocenters. The van der Waals surface area contributed by atoms with Crippen molar-refractivity contribution < 1.29 is 0 Å². The van der Waals surface area contributed by atoms with E-state index in [0.717, 1.165) is 18.5 Å². The van der Waals surface area contributed by atoms with Crippen molar-refractivity contribution in [3.8, 4) is 0 Å². The lowest BCUT2D eigenvalue weighted by molar-refractivity contribution is 0.401. The number of nitrogens with one attached hydrogen (secondary N) is 1. The van der Waals surface area contributed by atoms with Gasteiger partial charge in [0.05, 0.1) is 0 Å². The van der Waals surface area contributed by atoms with Crippen molar-refractivity contribution in [2.75, 3.05) is 0 Å². The van der Waals surface area contributed by atoms with Gasteiger partial charge in [-0.25, -0.2) is 0 Å². The van der Waals surface area contributed by atoms with Gasteiger partial charge >= 0.3 is 0 Å². The Labute approximate surface area is 89.3 Å². The molecule has 0 amide bonds. The van der Waals surface area contributed by atoms with E-state index in [1.165, 1.54) is 12.1 Å². The number of rotatable bonds is 5. The molecule has 0 aliphatic rings. The number of hydrogen-bond donors (Lipinski definition) is 1. The molecule has 0 spiro atoms. The van der Waals surface area contributed by atoms with Crippen LogP contribution in [-0.2, 0) is 0 Å². The zero-order valence-corrected chi connectivity index (χ0v) is 10.4. The van der Waals surface area contributed by atoms with Gasteiger partial charge in [0.2, 0.25) is 0 Å². The van der Waals surface area contributed by atoms with Gasteiger partial charge in [0.25, 0.3) is 0 Å². The van der Waals surface area contributed by atoms with Gasteiger partial charge in [-0.3, -0.25) is 0 Å². The van der Waals surface area contributed by atoms with Crippen molar-refractivity contribution in [1.82, 2.24) is 5.32 Å². The predicted octanol–water partition coefficient (Wildman–Crippen LogP) is 4.23. The Bertz CT molecular complexity index is 206. The summed E-state index contributed by atoms with van der Waals surface area (Å²) >= 11 is 0. The molecule has 0 aromatic rings. The Kier molecular flexibility index (Phi) is 5.59. The molecule has 82 valence electrons. The molecule has 0 atom stereocenters. The van der Waals surface area contributed by atoms with Gasteiger partial charge < -0.3 is 5.32 Å². The quantitative estimate of drug-likeness (QED) is 0.692. The molecule has 0 aromatic carbocycles. The Morgan fingerprint density at radius 2 is 1.93 bits per heavy atom. The maximum absolute atomic E-state index is 4.06. The average molecular weight is 195 g/mol. The molecule has 0 saturated heterocycles. The van der Waals surface area contributed by atoms with Crippen LogP contribution >= 0.6 is 0 Å². The highest BCUT2D eigenvalue weighted by molar-refractivity contribution is 5.08. The van der Waals surface area contributed by atoms with Crippen LogP contribution in [0.15, 0.2) is 24.0 Å². The minimum Gasteiger partial charge on any atom is -0.363 e. The van der Waals surface area contributed by atoms with E-state index in [1.807, 2.05) is 0 Å². The van der Waals surface area contributed by atoms with Crippen LogP contribution in [0.1, 0.15) is 53.9 Å². The zero-order valence-electron chi connectivity index (χ0n) is 10.4. The molecule has 1 nitrogen and oxygen atoms in total. The van der Waals surface area contributed by atoms with Crippen LogP contribution in [0.5, 0.6) is 0 Å². The van der Waals surface area contributed by atoms with Crippen LogP contribution in [0.4, 0.5) is 0 Å². The molecule has 0 fully saturated rings.